The molecule has 0 N–H and O–H groups in total. The van der Waals surface area contributed by atoms with Crippen molar-refractivity contribution in [1.29, 1.82) is 0 Å². The molecule has 4 bridgehead atoms. The number of allylic oxidation sites excluding steroid dienone is 2. The van der Waals surface area contributed by atoms with Crippen molar-refractivity contribution in [3.63, 3.8) is 0 Å². The summed E-state index contributed by atoms with van der Waals surface area (Å²) in [6.45, 7) is 5.65. The first kappa shape index (κ1) is 16.8. The Morgan fingerprint density at radius 2 is 1.72 bits per heavy atom. The number of ether oxygens (including phenoxy) is 2. The van der Waals surface area contributed by atoms with E-state index >= 15 is 0 Å². The van der Waals surface area contributed by atoms with Crippen molar-refractivity contribution in [2.45, 2.75) is 58.2 Å². The molecule has 0 aromatic carbocycles. The summed E-state index contributed by atoms with van der Waals surface area (Å²) in [5.74, 6) is -0.403. The van der Waals surface area contributed by atoms with Gasteiger partial charge in [-0.05, 0) is 58.3 Å². The minimum absolute atomic E-state index is 0.0637. The van der Waals surface area contributed by atoms with Crippen molar-refractivity contribution in [3.05, 3.63) is 12.2 Å². The van der Waals surface area contributed by atoms with Gasteiger partial charge in [-0.2, -0.15) is 0 Å². The van der Waals surface area contributed by atoms with Gasteiger partial charge in [-0.15, -0.1) is 0 Å². The number of rotatable bonds is 3. The van der Waals surface area contributed by atoms with Gasteiger partial charge in [0.05, 0.1) is 11.8 Å². The van der Waals surface area contributed by atoms with Gasteiger partial charge in [0.1, 0.15) is 17.5 Å². The molecule has 0 spiro atoms. The van der Waals surface area contributed by atoms with Gasteiger partial charge in [-0.1, -0.05) is 12.2 Å². The Bertz CT molecular complexity index is 643. The highest BCUT2D eigenvalue weighted by Gasteiger charge is 2.53. The standard InChI is InChI=1S/C20H26O5/c1-20(2,3)25-19(23)14-8-12-6-11(14)9-16(12)24-18(22)15-7-10-4-5-13(15)17(10)21/h4-5,10-16H,6-9H2,1-3H3. The number of Topliss-reactive ketones (excluding diaryl/α,β-unsaturated/α-hetero) is 1. The molecular formula is C20H26O5. The lowest BCUT2D eigenvalue weighted by Crippen LogP contribution is -2.36. The quantitative estimate of drug-likeness (QED) is 0.580. The first-order valence-corrected chi connectivity index (χ1v) is 9.38. The summed E-state index contributed by atoms with van der Waals surface area (Å²) >= 11 is 0. The summed E-state index contributed by atoms with van der Waals surface area (Å²) in [6, 6.07) is 0. The molecule has 5 heteroatoms. The molecule has 3 saturated carbocycles. The second-order valence-corrected chi connectivity index (χ2v) is 9.10. The molecule has 7 atom stereocenters. The number of esters is 2. The third kappa shape index (κ3) is 2.91. The molecule has 5 nitrogen and oxygen atoms in total. The smallest absolute Gasteiger partial charge is 0.310 e. The summed E-state index contributed by atoms with van der Waals surface area (Å²) < 4.78 is 11.3. The zero-order chi connectivity index (χ0) is 17.9. The fraction of sp³-hybridized carbons (Fsp3) is 0.750. The summed E-state index contributed by atoms with van der Waals surface area (Å²) in [7, 11) is 0. The lowest BCUT2D eigenvalue weighted by molar-refractivity contribution is -0.165. The van der Waals surface area contributed by atoms with Crippen molar-refractivity contribution in [2.75, 3.05) is 0 Å². The number of ketones is 1. The largest absolute Gasteiger partial charge is 0.462 e. The van der Waals surface area contributed by atoms with E-state index in [9.17, 15) is 14.4 Å². The zero-order valence-electron chi connectivity index (χ0n) is 15.1. The van der Waals surface area contributed by atoms with Gasteiger partial charge < -0.3 is 9.47 Å². The topological polar surface area (TPSA) is 69.7 Å². The van der Waals surface area contributed by atoms with Crippen molar-refractivity contribution in [2.24, 2.45) is 35.5 Å². The molecule has 0 aromatic heterocycles. The highest BCUT2D eigenvalue weighted by molar-refractivity contribution is 5.96. The SMILES string of the molecule is CC(C)(C)OC(=O)C1CC2CC1CC2OC(=O)C1CC2C=CC1C2=O. The number of fused-ring (bicyclic) bond motifs is 4. The highest BCUT2D eigenvalue weighted by atomic mass is 16.6. The van der Waals surface area contributed by atoms with Crippen molar-refractivity contribution < 1.29 is 23.9 Å². The predicted octanol–water partition coefficient (Wildman–Crippen LogP) is 2.68. The third-order valence-electron chi connectivity index (χ3n) is 6.26. The van der Waals surface area contributed by atoms with Crippen LogP contribution in [-0.2, 0) is 23.9 Å². The van der Waals surface area contributed by atoms with Gasteiger partial charge in [0, 0.05) is 11.8 Å². The maximum absolute atomic E-state index is 12.5. The van der Waals surface area contributed by atoms with E-state index in [-0.39, 0.29) is 59.3 Å². The summed E-state index contributed by atoms with van der Waals surface area (Å²) in [5, 5.41) is 0. The average molecular weight is 346 g/mol. The zero-order valence-corrected chi connectivity index (χ0v) is 15.1. The molecule has 25 heavy (non-hydrogen) atoms. The predicted molar refractivity (Wildman–Crippen MR) is 89.3 cm³/mol. The fourth-order valence-electron chi connectivity index (χ4n) is 5.15. The van der Waals surface area contributed by atoms with Gasteiger partial charge in [0.25, 0.3) is 0 Å². The Kier molecular flexibility index (Phi) is 3.82. The summed E-state index contributed by atoms with van der Waals surface area (Å²) in [4.78, 5) is 36.8. The Balaban J connectivity index is 1.33. The number of carbonyl (C=O) groups excluding carboxylic acids is 3. The van der Waals surface area contributed by atoms with E-state index in [1.54, 1.807) is 0 Å². The summed E-state index contributed by atoms with van der Waals surface area (Å²) in [5.41, 5.74) is -0.466. The molecule has 3 fully saturated rings. The van der Waals surface area contributed by atoms with Gasteiger partial charge in [0.2, 0.25) is 0 Å². The number of hydrogen-bond acceptors (Lipinski definition) is 5. The van der Waals surface area contributed by atoms with Gasteiger partial charge in [0.15, 0.2) is 0 Å². The fourth-order valence-corrected chi connectivity index (χ4v) is 5.15. The van der Waals surface area contributed by atoms with E-state index in [0.29, 0.717) is 6.42 Å². The van der Waals surface area contributed by atoms with Crippen LogP contribution >= 0.6 is 0 Å². The second kappa shape index (κ2) is 5.68. The molecule has 4 aliphatic carbocycles. The van der Waals surface area contributed by atoms with Crippen LogP contribution in [0.5, 0.6) is 0 Å². The molecular weight excluding hydrogens is 320 g/mol. The maximum Gasteiger partial charge on any atom is 0.310 e. The van der Waals surface area contributed by atoms with Gasteiger partial charge in [-0.25, -0.2) is 0 Å². The molecule has 0 radical (unpaired) electrons. The van der Waals surface area contributed by atoms with Gasteiger partial charge >= 0.3 is 11.9 Å². The van der Waals surface area contributed by atoms with Crippen LogP contribution in [0.25, 0.3) is 0 Å². The molecule has 0 heterocycles. The molecule has 0 aliphatic heterocycles. The summed E-state index contributed by atoms with van der Waals surface area (Å²) in [6.07, 6.45) is 6.69. The molecule has 136 valence electrons. The Morgan fingerprint density at radius 3 is 2.24 bits per heavy atom. The van der Waals surface area contributed by atoms with E-state index in [2.05, 4.69) is 0 Å². The Labute approximate surface area is 148 Å². The van der Waals surface area contributed by atoms with Crippen LogP contribution in [0.4, 0.5) is 0 Å². The number of carbonyl (C=O) groups is 3. The normalized spacial score (nSPS) is 41.4. The van der Waals surface area contributed by atoms with Crippen LogP contribution in [0.1, 0.15) is 46.5 Å². The highest BCUT2D eigenvalue weighted by Crippen LogP contribution is 2.51. The average Bonchev–Trinajstić information content (AvgIpc) is 3.26. The van der Waals surface area contributed by atoms with Crippen LogP contribution in [0.15, 0.2) is 12.2 Å². The lowest BCUT2D eigenvalue weighted by atomic mass is 9.87. The van der Waals surface area contributed by atoms with Crippen molar-refractivity contribution in [3.8, 4) is 0 Å². The first-order chi connectivity index (χ1) is 11.7. The lowest BCUT2D eigenvalue weighted by Gasteiger charge is -2.30. The minimum Gasteiger partial charge on any atom is -0.462 e. The molecule has 7 unspecified atom stereocenters. The monoisotopic (exact) mass is 346 g/mol. The van der Waals surface area contributed by atoms with E-state index in [4.69, 9.17) is 9.47 Å². The van der Waals surface area contributed by atoms with E-state index in [1.165, 1.54) is 0 Å². The maximum atomic E-state index is 12.5. The van der Waals surface area contributed by atoms with Crippen molar-refractivity contribution in [1.82, 2.24) is 0 Å². The molecule has 4 rings (SSSR count). The van der Waals surface area contributed by atoms with Crippen LogP contribution in [-0.4, -0.2) is 29.4 Å². The third-order valence-corrected chi connectivity index (χ3v) is 6.26. The number of hydrogen-bond donors (Lipinski definition) is 0. The van der Waals surface area contributed by atoms with Crippen LogP contribution in [0.2, 0.25) is 0 Å². The van der Waals surface area contributed by atoms with Crippen LogP contribution in [0, 0.1) is 35.5 Å². The molecule has 0 saturated heterocycles. The van der Waals surface area contributed by atoms with Crippen molar-refractivity contribution >= 4 is 17.7 Å². The van der Waals surface area contributed by atoms with Gasteiger partial charge in [-0.3, -0.25) is 14.4 Å². The van der Waals surface area contributed by atoms with Crippen LogP contribution in [0.3, 0.4) is 0 Å². The van der Waals surface area contributed by atoms with E-state index in [0.717, 1.165) is 19.3 Å². The Hall–Kier alpha value is -1.65. The molecule has 0 aromatic rings. The minimum atomic E-state index is -0.466. The first-order valence-electron chi connectivity index (χ1n) is 9.38. The molecule has 0 amide bonds. The van der Waals surface area contributed by atoms with Crippen LogP contribution < -0.4 is 0 Å². The Morgan fingerprint density at radius 1 is 0.960 bits per heavy atom. The van der Waals surface area contributed by atoms with E-state index < -0.39 is 5.60 Å². The second-order valence-electron chi connectivity index (χ2n) is 9.10. The molecule has 4 aliphatic rings. The van der Waals surface area contributed by atoms with E-state index in [1.807, 2.05) is 32.9 Å².